The first kappa shape index (κ1) is 31.7. The van der Waals surface area contributed by atoms with Crippen LogP contribution in [0.4, 0.5) is 0 Å². The number of rotatable bonds is 5. The molecule has 0 aliphatic heterocycles. The van der Waals surface area contributed by atoms with E-state index < -0.39 is 0 Å². The molecule has 0 fully saturated rings. The third kappa shape index (κ3) is 4.92. The van der Waals surface area contributed by atoms with E-state index in [2.05, 4.69) is 215 Å². The Labute approximate surface area is 328 Å². The second-order valence-corrected chi connectivity index (χ2v) is 14.9. The summed E-state index contributed by atoms with van der Waals surface area (Å²) in [4.78, 5) is 0. The van der Waals surface area contributed by atoms with Crippen LogP contribution in [0, 0.1) is 0 Å². The molecule has 0 aliphatic rings. The number of aromatic nitrogens is 2. The highest BCUT2D eigenvalue weighted by Gasteiger charge is 2.19. The zero-order chi connectivity index (χ0) is 37.5. The fourth-order valence-electron chi connectivity index (χ4n) is 9.09. The zero-order valence-electron chi connectivity index (χ0n) is 30.9. The molecule has 0 saturated heterocycles. The van der Waals surface area contributed by atoms with E-state index in [1.807, 2.05) is 0 Å². The normalized spacial score (nSPS) is 11.9. The average molecular weight is 727 g/mol. The molecule has 3 heterocycles. The molecule has 0 bridgehead atoms. The number of nitrogens with zero attached hydrogens (tertiary/aromatic N) is 2. The zero-order valence-corrected chi connectivity index (χ0v) is 30.9. The van der Waals surface area contributed by atoms with Crippen LogP contribution in [0.15, 0.2) is 211 Å². The standard InChI is InChI=1S/C54H34N2O/c1-3-14-35(15-4-1)36-16-13-19-41(30-36)56-49-23-10-7-20-42(49)44-28-26-37(34-52(44)56)39-32-46(54-48(33-39)45-22-9-12-25-53(45)57-54)38-27-29-51-47(31-38)43-21-8-11-24-50(43)55(51)40-17-5-2-6-18-40/h1-34H. The minimum Gasteiger partial charge on any atom is -0.455 e. The molecule has 3 aromatic heterocycles. The number of benzene rings is 9. The van der Waals surface area contributed by atoms with Gasteiger partial charge in [0, 0.05) is 49.3 Å². The van der Waals surface area contributed by atoms with E-state index in [9.17, 15) is 0 Å². The molecule has 3 nitrogen and oxygen atoms in total. The lowest BCUT2D eigenvalue weighted by molar-refractivity contribution is 0.670. The van der Waals surface area contributed by atoms with Gasteiger partial charge < -0.3 is 13.6 Å². The number of furan rings is 1. The third-order valence-corrected chi connectivity index (χ3v) is 11.7. The first-order valence-electron chi connectivity index (χ1n) is 19.5. The Balaban J connectivity index is 1.09. The smallest absolute Gasteiger partial charge is 0.143 e. The summed E-state index contributed by atoms with van der Waals surface area (Å²) in [6.45, 7) is 0. The first-order valence-corrected chi connectivity index (χ1v) is 19.5. The summed E-state index contributed by atoms with van der Waals surface area (Å²) >= 11 is 0. The van der Waals surface area contributed by atoms with Crippen molar-refractivity contribution in [3.63, 3.8) is 0 Å². The molecule has 12 aromatic rings. The lowest BCUT2D eigenvalue weighted by Gasteiger charge is -2.12. The van der Waals surface area contributed by atoms with Crippen LogP contribution in [0.5, 0.6) is 0 Å². The summed E-state index contributed by atoms with van der Waals surface area (Å²) in [6, 6.07) is 74.5. The van der Waals surface area contributed by atoms with Crippen molar-refractivity contribution < 1.29 is 4.42 Å². The number of hydrogen-bond acceptors (Lipinski definition) is 1. The van der Waals surface area contributed by atoms with E-state index in [-0.39, 0.29) is 0 Å². The van der Waals surface area contributed by atoms with Gasteiger partial charge in [0.2, 0.25) is 0 Å². The Hall–Kier alpha value is -7.62. The van der Waals surface area contributed by atoms with E-state index in [0.29, 0.717) is 0 Å². The summed E-state index contributed by atoms with van der Waals surface area (Å²) in [5.74, 6) is 0. The molecule has 3 heteroatoms. The molecule has 0 aliphatic carbocycles. The van der Waals surface area contributed by atoms with Crippen LogP contribution < -0.4 is 0 Å². The topological polar surface area (TPSA) is 23.0 Å². The van der Waals surface area contributed by atoms with Crippen LogP contribution in [0.2, 0.25) is 0 Å². The van der Waals surface area contributed by atoms with Crippen molar-refractivity contribution in [3.05, 3.63) is 206 Å². The molecule has 0 unspecified atom stereocenters. The highest BCUT2D eigenvalue weighted by Crippen LogP contribution is 2.43. The monoisotopic (exact) mass is 726 g/mol. The van der Waals surface area contributed by atoms with E-state index >= 15 is 0 Å². The molecule has 0 saturated carbocycles. The van der Waals surface area contributed by atoms with Crippen molar-refractivity contribution in [2.45, 2.75) is 0 Å². The SMILES string of the molecule is c1ccc(-c2cccc(-n3c4ccccc4c4ccc(-c5cc(-c6ccc7c(c6)c6ccccc6n7-c6ccccc6)c6oc7ccccc7c6c5)cc43)c2)cc1. The lowest BCUT2D eigenvalue weighted by atomic mass is 9.94. The predicted molar refractivity (Wildman–Crippen MR) is 239 cm³/mol. The maximum Gasteiger partial charge on any atom is 0.143 e. The Morgan fingerprint density at radius 3 is 1.65 bits per heavy atom. The van der Waals surface area contributed by atoms with Crippen LogP contribution in [-0.2, 0) is 0 Å². The molecule has 0 N–H and O–H groups in total. The van der Waals surface area contributed by atoms with Crippen LogP contribution in [0.1, 0.15) is 0 Å². The van der Waals surface area contributed by atoms with E-state index in [0.717, 1.165) is 55.6 Å². The lowest BCUT2D eigenvalue weighted by Crippen LogP contribution is -1.94. The number of fused-ring (bicyclic) bond motifs is 9. The van der Waals surface area contributed by atoms with Crippen LogP contribution in [0.3, 0.4) is 0 Å². The van der Waals surface area contributed by atoms with Crippen molar-refractivity contribution in [3.8, 4) is 44.8 Å². The number of hydrogen-bond donors (Lipinski definition) is 0. The average Bonchev–Trinajstić information content (AvgIpc) is 3.94. The summed E-state index contributed by atoms with van der Waals surface area (Å²) in [5, 5.41) is 7.14. The van der Waals surface area contributed by atoms with Gasteiger partial charge >= 0.3 is 0 Å². The molecule has 12 rings (SSSR count). The van der Waals surface area contributed by atoms with Gasteiger partial charge in [0.25, 0.3) is 0 Å². The molecule has 57 heavy (non-hydrogen) atoms. The second kappa shape index (κ2) is 12.5. The maximum absolute atomic E-state index is 6.73. The molecule has 9 aromatic carbocycles. The van der Waals surface area contributed by atoms with Crippen LogP contribution in [0.25, 0.3) is 110 Å². The van der Waals surface area contributed by atoms with E-state index in [1.165, 1.54) is 54.7 Å². The van der Waals surface area contributed by atoms with Crippen LogP contribution in [-0.4, -0.2) is 9.13 Å². The van der Waals surface area contributed by atoms with Crippen molar-refractivity contribution in [2.75, 3.05) is 0 Å². The van der Waals surface area contributed by atoms with Gasteiger partial charge in [-0.25, -0.2) is 0 Å². The fraction of sp³-hybridized carbons (Fsp3) is 0. The molecule has 0 radical (unpaired) electrons. The summed E-state index contributed by atoms with van der Waals surface area (Å²) in [5.41, 5.74) is 15.7. The minimum atomic E-state index is 0.890. The van der Waals surface area contributed by atoms with Gasteiger partial charge in [-0.15, -0.1) is 0 Å². The summed E-state index contributed by atoms with van der Waals surface area (Å²) in [7, 11) is 0. The van der Waals surface area contributed by atoms with Gasteiger partial charge in [-0.05, 0) is 101 Å². The van der Waals surface area contributed by atoms with Gasteiger partial charge in [0.1, 0.15) is 11.2 Å². The van der Waals surface area contributed by atoms with Gasteiger partial charge in [-0.2, -0.15) is 0 Å². The van der Waals surface area contributed by atoms with Gasteiger partial charge in [-0.1, -0.05) is 133 Å². The molecule has 0 amide bonds. The maximum atomic E-state index is 6.73. The van der Waals surface area contributed by atoms with Gasteiger partial charge in [-0.3, -0.25) is 0 Å². The second-order valence-electron chi connectivity index (χ2n) is 14.9. The fourth-order valence-corrected chi connectivity index (χ4v) is 9.09. The highest BCUT2D eigenvalue weighted by molar-refractivity contribution is 6.15. The molecular formula is C54H34N2O. The summed E-state index contributed by atoms with van der Waals surface area (Å²) < 4.78 is 11.5. The molecule has 0 atom stereocenters. The van der Waals surface area contributed by atoms with Gasteiger partial charge in [0.15, 0.2) is 0 Å². The van der Waals surface area contributed by atoms with Crippen LogP contribution >= 0.6 is 0 Å². The van der Waals surface area contributed by atoms with Crippen molar-refractivity contribution in [1.29, 1.82) is 0 Å². The predicted octanol–water partition coefficient (Wildman–Crippen LogP) is 14.8. The Kier molecular flexibility index (Phi) is 6.93. The molecule has 266 valence electrons. The Morgan fingerprint density at radius 2 is 0.842 bits per heavy atom. The molecule has 0 spiro atoms. The highest BCUT2D eigenvalue weighted by atomic mass is 16.3. The van der Waals surface area contributed by atoms with Crippen molar-refractivity contribution in [1.82, 2.24) is 9.13 Å². The quantitative estimate of drug-likeness (QED) is 0.173. The summed E-state index contributed by atoms with van der Waals surface area (Å²) in [6.07, 6.45) is 0. The number of para-hydroxylation sites is 4. The van der Waals surface area contributed by atoms with Crippen molar-refractivity contribution >= 4 is 65.6 Å². The largest absolute Gasteiger partial charge is 0.455 e. The van der Waals surface area contributed by atoms with Crippen molar-refractivity contribution in [2.24, 2.45) is 0 Å². The van der Waals surface area contributed by atoms with E-state index in [1.54, 1.807) is 0 Å². The molecular weight excluding hydrogens is 693 g/mol. The minimum absolute atomic E-state index is 0.890. The first-order chi connectivity index (χ1) is 28.3. The van der Waals surface area contributed by atoms with Gasteiger partial charge in [0.05, 0.1) is 22.1 Å². The Bertz CT molecular complexity index is 3510. The van der Waals surface area contributed by atoms with E-state index in [4.69, 9.17) is 4.42 Å². The third-order valence-electron chi connectivity index (χ3n) is 11.7. The Morgan fingerprint density at radius 1 is 0.281 bits per heavy atom.